The largest absolute Gasteiger partial charge is 0.338 e. The molecule has 32 heavy (non-hydrogen) atoms. The van der Waals surface area contributed by atoms with Crippen molar-refractivity contribution in [1.29, 1.82) is 0 Å². The predicted molar refractivity (Wildman–Crippen MR) is 126 cm³/mol. The summed E-state index contributed by atoms with van der Waals surface area (Å²) in [6, 6.07) is 4.50. The van der Waals surface area contributed by atoms with E-state index in [1.54, 1.807) is 0 Å². The van der Waals surface area contributed by atoms with Gasteiger partial charge in [0.25, 0.3) is 0 Å². The fraction of sp³-hybridized carbons (Fsp3) is 0.667. The van der Waals surface area contributed by atoms with Crippen LogP contribution in [0.4, 0.5) is 0 Å². The number of aromatic nitrogens is 3. The molecule has 2 aromatic heterocycles. The van der Waals surface area contributed by atoms with Crippen LogP contribution in [0.3, 0.4) is 0 Å². The maximum atomic E-state index is 12.3. The SMILES string of the molecule is CN1C(=O)C=C[C@]2(C)[C@H]3CC[C@]4(C)[C@@H](Cc5nc6ncccc6n5C)CC[C@H]4[C@@H]3CC[C@@H]12. The highest BCUT2D eigenvalue weighted by Crippen LogP contribution is 2.65. The molecule has 5 heteroatoms. The Bertz CT molecular complexity index is 1100. The van der Waals surface area contributed by atoms with Crippen LogP contribution in [0, 0.1) is 34.5 Å². The molecule has 3 aliphatic carbocycles. The second-order valence-corrected chi connectivity index (χ2v) is 11.6. The second kappa shape index (κ2) is 6.91. The average molecular weight is 433 g/mol. The monoisotopic (exact) mass is 432 g/mol. The van der Waals surface area contributed by atoms with Crippen molar-refractivity contribution < 1.29 is 4.79 Å². The minimum absolute atomic E-state index is 0.133. The lowest BCUT2D eigenvalue weighted by Gasteiger charge is -2.60. The zero-order valence-corrected chi connectivity index (χ0v) is 19.9. The van der Waals surface area contributed by atoms with E-state index in [4.69, 9.17) is 4.98 Å². The van der Waals surface area contributed by atoms with Gasteiger partial charge in [0.05, 0.1) is 5.52 Å². The standard InChI is InChI=1S/C27H36N4O/c1-26-13-11-20-18(8-10-22-27(20,2)14-12-24(32)31(22)4)19(26)9-7-17(26)16-23-29-25-21(30(23)3)6-5-15-28-25/h5-6,12,14-15,17-20,22H,7-11,13,16H2,1-4H3/t17-,18+,19+,20+,22-,26-,27-/m1/s1. The van der Waals surface area contributed by atoms with Crippen molar-refractivity contribution in [3.05, 3.63) is 36.3 Å². The number of carbonyl (C=O) groups is 1. The second-order valence-electron chi connectivity index (χ2n) is 11.6. The molecule has 0 aromatic carbocycles. The van der Waals surface area contributed by atoms with E-state index in [0.29, 0.717) is 23.3 Å². The first-order valence-electron chi connectivity index (χ1n) is 12.6. The Morgan fingerprint density at radius 1 is 1.09 bits per heavy atom. The van der Waals surface area contributed by atoms with E-state index in [0.717, 1.165) is 35.8 Å². The van der Waals surface area contributed by atoms with Gasteiger partial charge < -0.3 is 9.47 Å². The number of fused-ring (bicyclic) bond motifs is 6. The number of nitrogens with zero attached hydrogens (tertiary/aromatic N) is 4. The van der Waals surface area contributed by atoms with Crippen LogP contribution in [0.1, 0.15) is 58.2 Å². The molecule has 2 aromatic rings. The van der Waals surface area contributed by atoms with E-state index >= 15 is 0 Å². The van der Waals surface area contributed by atoms with Crippen LogP contribution in [0.5, 0.6) is 0 Å². The number of carbonyl (C=O) groups excluding carboxylic acids is 1. The first kappa shape index (κ1) is 20.4. The molecule has 0 saturated heterocycles. The molecule has 3 fully saturated rings. The van der Waals surface area contributed by atoms with Gasteiger partial charge in [-0.2, -0.15) is 0 Å². The third kappa shape index (κ3) is 2.66. The number of hydrogen-bond donors (Lipinski definition) is 0. The number of rotatable bonds is 2. The Kier molecular flexibility index (Phi) is 4.42. The minimum Gasteiger partial charge on any atom is -0.338 e. The third-order valence-electron chi connectivity index (χ3n) is 10.5. The maximum absolute atomic E-state index is 12.3. The molecule has 6 rings (SSSR count). The molecule has 4 aliphatic rings. The summed E-state index contributed by atoms with van der Waals surface area (Å²) in [4.78, 5) is 23.7. The third-order valence-corrected chi connectivity index (χ3v) is 10.5. The minimum atomic E-state index is 0.133. The van der Waals surface area contributed by atoms with Crippen molar-refractivity contribution >= 4 is 17.1 Å². The lowest BCUT2D eigenvalue weighted by atomic mass is 9.47. The van der Waals surface area contributed by atoms with Gasteiger partial charge in [-0.05, 0) is 85.8 Å². The van der Waals surface area contributed by atoms with Crippen molar-refractivity contribution in [2.24, 2.45) is 41.5 Å². The number of amides is 1. The number of imidazole rings is 1. The van der Waals surface area contributed by atoms with Crippen LogP contribution >= 0.6 is 0 Å². The molecule has 0 unspecified atom stereocenters. The summed E-state index contributed by atoms with van der Waals surface area (Å²) >= 11 is 0. The van der Waals surface area contributed by atoms with E-state index in [2.05, 4.69) is 42.6 Å². The zero-order valence-electron chi connectivity index (χ0n) is 19.9. The summed E-state index contributed by atoms with van der Waals surface area (Å²) in [6.07, 6.45) is 14.7. The lowest BCUT2D eigenvalue weighted by molar-refractivity contribution is -0.138. The Balaban J connectivity index is 1.28. The summed E-state index contributed by atoms with van der Waals surface area (Å²) in [6.45, 7) is 5.03. The van der Waals surface area contributed by atoms with Crippen molar-refractivity contribution in [2.75, 3.05) is 7.05 Å². The molecular weight excluding hydrogens is 396 g/mol. The Morgan fingerprint density at radius 2 is 1.94 bits per heavy atom. The highest BCUT2D eigenvalue weighted by atomic mass is 16.2. The topological polar surface area (TPSA) is 51.0 Å². The summed E-state index contributed by atoms with van der Waals surface area (Å²) < 4.78 is 2.26. The summed E-state index contributed by atoms with van der Waals surface area (Å²) in [5.41, 5.74) is 2.55. The first-order chi connectivity index (χ1) is 15.3. The van der Waals surface area contributed by atoms with Crippen LogP contribution in [-0.2, 0) is 18.3 Å². The van der Waals surface area contributed by atoms with Gasteiger partial charge in [0.1, 0.15) is 5.82 Å². The quantitative estimate of drug-likeness (QED) is 0.687. The fourth-order valence-corrected chi connectivity index (χ4v) is 8.66. The smallest absolute Gasteiger partial charge is 0.246 e. The van der Waals surface area contributed by atoms with Gasteiger partial charge in [0.15, 0.2) is 5.65 Å². The highest BCUT2D eigenvalue weighted by molar-refractivity contribution is 5.89. The van der Waals surface area contributed by atoms with Crippen molar-refractivity contribution in [3.63, 3.8) is 0 Å². The molecular formula is C27H36N4O. The van der Waals surface area contributed by atoms with E-state index in [1.165, 1.54) is 37.9 Å². The fourth-order valence-electron chi connectivity index (χ4n) is 8.66. The van der Waals surface area contributed by atoms with Gasteiger partial charge >= 0.3 is 0 Å². The highest BCUT2D eigenvalue weighted by Gasteiger charge is 2.60. The molecule has 0 spiro atoms. The Morgan fingerprint density at radius 3 is 2.75 bits per heavy atom. The normalized spacial score (nSPS) is 40.9. The van der Waals surface area contributed by atoms with Gasteiger partial charge in [-0.1, -0.05) is 19.9 Å². The van der Waals surface area contributed by atoms with Crippen molar-refractivity contribution in [2.45, 2.75) is 64.8 Å². The molecule has 5 nitrogen and oxygen atoms in total. The molecule has 0 bridgehead atoms. The molecule has 1 aliphatic heterocycles. The van der Waals surface area contributed by atoms with Gasteiger partial charge in [-0.15, -0.1) is 0 Å². The molecule has 170 valence electrons. The van der Waals surface area contributed by atoms with Crippen LogP contribution < -0.4 is 0 Å². The average Bonchev–Trinajstić information content (AvgIpc) is 3.28. The van der Waals surface area contributed by atoms with Crippen LogP contribution in [0.2, 0.25) is 0 Å². The van der Waals surface area contributed by atoms with Crippen LogP contribution in [0.15, 0.2) is 30.5 Å². The van der Waals surface area contributed by atoms with Crippen molar-refractivity contribution in [3.8, 4) is 0 Å². The molecule has 7 atom stereocenters. The van der Waals surface area contributed by atoms with Crippen LogP contribution in [0.25, 0.3) is 11.2 Å². The van der Waals surface area contributed by atoms with Gasteiger partial charge in [0.2, 0.25) is 5.91 Å². The van der Waals surface area contributed by atoms with E-state index < -0.39 is 0 Å². The number of hydrogen-bond acceptors (Lipinski definition) is 3. The molecule has 0 N–H and O–H groups in total. The van der Waals surface area contributed by atoms with Gasteiger partial charge in [0, 0.05) is 38.2 Å². The predicted octanol–water partition coefficient (Wildman–Crippen LogP) is 4.77. The molecule has 1 amide bonds. The number of pyridine rings is 1. The lowest BCUT2D eigenvalue weighted by Crippen LogP contribution is -2.59. The van der Waals surface area contributed by atoms with Crippen molar-refractivity contribution in [1.82, 2.24) is 19.4 Å². The van der Waals surface area contributed by atoms with Gasteiger partial charge in [-0.25, -0.2) is 9.97 Å². The zero-order chi connectivity index (χ0) is 22.3. The summed E-state index contributed by atoms with van der Waals surface area (Å²) in [5.74, 6) is 4.36. The van der Waals surface area contributed by atoms with Crippen LogP contribution in [-0.4, -0.2) is 38.4 Å². The van der Waals surface area contributed by atoms with E-state index in [-0.39, 0.29) is 11.3 Å². The Labute approximate surface area is 191 Å². The van der Waals surface area contributed by atoms with E-state index in [1.807, 2.05) is 30.3 Å². The van der Waals surface area contributed by atoms with Gasteiger partial charge in [-0.3, -0.25) is 4.79 Å². The molecule has 3 heterocycles. The maximum Gasteiger partial charge on any atom is 0.246 e. The molecule has 3 saturated carbocycles. The Hall–Kier alpha value is -2.17. The van der Waals surface area contributed by atoms with E-state index in [9.17, 15) is 4.79 Å². The number of likely N-dealkylation sites (N-methyl/N-ethyl adjacent to an activating group) is 1. The summed E-state index contributed by atoms with van der Waals surface area (Å²) in [5, 5.41) is 0. The number of aryl methyl sites for hydroxylation is 1. The first-order valence-corrected chi connectivity index (χ1v) is 12.6. The summed E-state index contributed by atoms with van der Waals surface area (Å²) in [7, 11) is 4.16. The molecule has 0 radical (unpaired) electrons.